The molecule has 9 heteroatoms. The van der Waals surface area contributed by atoms with E-state index in [1.54, 1.807) is 43.5 Å². The van der Waals surface area contributed by atoms with E-state index in [0.29, 0.717) is 12.2 Å². The Labute approximate surface area is 180 Å². The molecule has 4 atom stereocenters. The Morgan fingerprint density at radius 1 is 0.968 bits per heavy atom. The van der Waals surface area contributed by atoms with E-state index in [2.05, 4.69) is 16.0 Å². The van der Waals surface area contributed by atoms with E-state index in [4.69, 9.17) is 9.47 Å². The molecule has 166 valence electrons. The van der Waals surface area contributed by atoms with Crippen LogP contribution in [0.25, 0.3) is 0 Å². The van der Waals surface area contributed by atoms with Crippen LogP contribution < -0.4 is 20.7 Å². The summed E-state index contributed by atoms with van der Waals surface area (Å²) >= 11 is 0. The first-order valence-corrected chi connectivity index (χ1v) is 9.97. The summed E-state index contributed by atoms with van der Waals surface area (Å²) in [5.74, 6) is 0.408. The largest absolute Gasteiger partial charge is 0.497 e. The van der Waals surface area contributed by atoms with Crippen molar-refractivity contribution in [1.29, 1.82) is 0 Å². The summed E-state index contributed by atoms with van der Waals surface area (Å²) in [6.07, 6.45) is -4.24. The van der Waals surface area contributed by atoms with Crippen LogP contribution in [0.5, 0.6) is 5.75 Å². The third-order valence-corrected chi connectivity index (χ3v) is 4.99. The van der Waals surface area contributed by atoms with Crippen molar-refractivity contribution in [3.8, 4) is 5.75 Å². The van der Waals surface area contributed by atoms with Gasteiger partial charge in [-0.1, -0.05) is 30.3 Å². The number of urea groups is 1. The number of carbonyl (C=O) groups excluding carboxylic acids is 2. The second kappa shape index (κ2) is 10.8. The minimum Gasteiger partial charge on any atom is -0.497 e. The van der Waals surface area contributed by atoms with Gasteiger partial charge >= 0.3 is 6.03 Å². The van der Waals surface area contributed by atoms with Crippen molar-refractivity contribution in [3.63, 3.8) is 0 Å². The second-order valence-corrected chi connectivity index (χ2v) is 7.22. The maximum atomic E-state index is 12.2. The van der Waals surface area contributed by atoms with Gasteiger partial charge in [0.15, 0.2) is 0 Å². The van der Waals surface area contributed by atoms with Gasteiger partial charge in [-0.3, -0.25) is 4.79 Å². The van der Waals surface area contributed by atoms with E-state index in [1.807, 2.05) is 18.2 Å². The Bertz CT molecular complexity index is 861. The van der Waals surface area contributed by atoms with Gasteiger partial charge in [0.2, 0.25) is 5.91 Å². The molecule has 3 amide bonds. The van der Waals surface area contributed by atoms with Crippen molar-refractivity contribution in [1.82, 2.24) is 10.6 Å². The monoisotopic (exact) mass is 429 g/mol. The van der Waals surface area contributed by atoms with Crippen LogP contribution in [0.4, 0.5) is 10.5 Å². The van der Waals surface area contributed by atoms with Gasteiger partial charge in [0.1, 0.15) is 24.1 Å². The number of amides is 3. The molecular formula is C22H27N3O6. The zero-order valence-corrected chi connectivity index (χ0v) is 17.2. The van der Waals surface area contributed by atoms with Crippen molar-refractivity contribution in [3.05, 3.63) is 60.2 Å². The molecule has 5 N–H and O–H groups in total. The number of hydrogen-bond acceptors (Lipinski definition) is 6. The molecule has 1 saturated heterocycles. The van der Waals surface area contributed by atoms with Crippen molar-refractivity contribution in [2.24, 2.45) is 0 Å². The lowest BCUT2D eigenvalue weighted by molar-refractivity contribution is -0.125. The van der Waals surface area contributed by atoms with Crippen molar-refractivity contribution in [2.75, 3.05) is 19.0 Å². The van der Waals surface area contributed by atoms with Crippen molar-refractivity contribution in [2.45, 2.75) is 37.4 Å². The number of aliphatic hydroxyl groups is 2. The van der Waals surface area contributed by atoms with Gasteiger partial charge in [0.25, 0.3) is 0 Å². The molecule has 2 aromatic carbocycles. The van der Waals surface area contributed by atoms with Crippen LogP contribution in [0.15, 0.2) is 54.6 Å². The molecule has 4 unspecified atom stereocenters. The lowest BCUT2D eigenvalue weighted by atomic mass is 10.1. The van der Waals surface area contributed by atoms with Gasteiger partial charge in [0.05, 0.1) is 19.6 Å². The van der Waals surface area contributed by atoms with Crippen molar-refractivity contribution >= 4 is 17.6 Å². The quantitative estimate of drug-likeness (QED) is 0.426. The molecule has 1 aliphatic heterocycles. The van der Waals surface area contributed by atoms with E-state index in [9.17, 15) is 19.8 Å². The van der Waals surface area contributed by atoms with Crippen molar-refractivity contribution < 1.29 is 29.3 Å². The number of anilines is 1. The maximum absolute atomic E-state index is 12.2. The first kappa shape index (κ1) is 22.5. The molecule has 1 fully saturated rings. The molecule has 3 rings (SSSR count). The predicted molar refractivity (Wildman–Crippen MR) is 114 cm³/mol. The van der Waals surface area contributed by atoms with E-state index < -0.39 is 30.4 Å². The number of methoxy groups -OCH3 is 1. The SMILES string of the molecule is COc1ccc(CNC(=O)CC2OC(CNC(=O)Nc3ccccc3)C(O)C2O)cc1. The number of benzene rings is 2. The van der Waals surface area contributed by atoms with Crippen LogP contribution in [0, 0.1) is 0 Å². The minimum absolute atomic E-state index is 0.0130. The summed E-state index contributed by atoms with van der Waals surface area (Å²) in [5, 5.41) is 28.4. The predicted octanol–water partition coefficient (Wildman–Crippen LogP) is 1.01. The fourth-order valence-corrected chi connectivity index (χ4v) is 3.25. The van der Waals surface area contributed by atoms with Crippen LogP contribution >= 0.6 is 0 Å². The smallest absolute Gasteiger partial charge is 0.319 e. The molecule has 1 heterocycles. The van der Waals surface area contributed by atoms with Gasteiger partial charge in [-0.25, -0.2) is 4.79 Å². The molecule has 0 radical (unpaired) electrons. The highest BCUT2D eigenvalue weighted by Gasteiger charge is 2.43. The lowest BCUT2D eigenvalue weighted by Gasteiger charge is -2.15. The lowest BCUT2D eigenvalue weighted by Crippen LogP contribution is -2.41. The summed E-state index contributed by atoms with van der Waals surface area (Å²) in [5.41, 5.74) is 1.52. The Hall–Kier alpha value is -3.14. The first-order valence-electron chi connectivity index (χ1n) is 9.97. The molecule has 9 nitrogen and oxygen atoms in total. The zero-order chi connectivity index (χ0) is 22.2. The molecule has 2 aromatic rings. The summed E-state index contributed by atoms with van der Waals surface area (Å²) in [4.78, 5) is 24.2. The van der Waals surface area contributed by atoms with Crippen LogP contribution in [-0.4, -0.2) is 60.2 Å². The fourth-order valence-electron chi connectivity index (χ4n) is 3.25. The van der Waals surface area contributed by atoms with Crippen LogP contribution in [0.3, 0.4) is 0 Å². The van der Waals surface area contributed by atoms with Gasteiger partial charge in [-0.2, -0.15) is 0 Å². The fraction of sp³-hybridized carbons (Fsp3) is 0.364. The van der Waals surface area contributed by atoms with Gasteiger partial charge in [-0.05, 0) is 29.8 Å². The topological polar surface area (TPSA) is 129 Å². The summed E-state index contributed by atoms with van der Waals surface area (Å²) < 4.78 is 10.7. The number of para-hydroxylation sites is 1. The van der Waals surface area contributed by atoms with Crippen LogP contribution in [0.2, 0.25) is 0 Å². The van der Waals surface area contributed by atoms with E-state index >= 15 is 0 Å². The zero-order valence-electron chi connectivity index (χ0n) is 17.2. The molecule has 0 aliphatic carbocycles. The Balaban J connectivity index is 1.42. The standard InChI is InChI=1S/C22H27N3O6/c1-30-16-9-7-14(8-10-16)12-23-19(26)11-17-20(27)21(28)18(31-17)13-24-22(29)25-15-5-3-2-4-6-15/h2-10,17-18,20-21,27-28H,11-13H2,1H3,(H,23,26)(H2,24,25,29). The van der Waals surface area contributed by atoms with E-state index in [1.165, 1.54) is 0 Å². The number of aliphatic hydroxyl groups excluding tert-OH is 2. The van der Waals surface area contributed by atoms with Gasteiger partial charge in [-0.15, -0.1) is 0 Å². The van der Waals surface area contributed by atoms with Gasteiger partial charge in [0, 0.05) is 18.8 Å². The highest BCUT2D eigenvalue weighted by atomic mass is 16.5. The average Bonchev–Trinajstić information content (AvgIpc) is 3.05. The Kier molecular flexibility index (Phi) is 7.82. The van der Waals surface area contributed by atoms with E-state index in [0.717, 1.165) is 11.3 Å². The summed E-state index contributed by atoms with van der Waals surface area (Å²) in [7, 11) is 1.58. The Morgan fingerprint density at radius 2 is 1.65 bits per heavy atom. The number of nitrogens with one attached hydrogen (secondary N) is 3. The third-order valence-electron chi connectivity index (χ3n) is 4.99. The van der Waals surface area contributed by atoms with Crippen LogP contribution in [0.1, 0.15) is 12.0 Å². The molecule has 0 saturated carbocycles. The first-order chi connectivity index (χ1) is 15.0. The summed E-state index contributed by atoms with van der Waals surface area (Å²) in [6, 6.07) is 15.7. The molecule has 31 heavy (non-hydrogen) atoms. The molecule has 0 aromatic heterocycles. The number of ether oxygens (including phenoxy) is 2. The maximum Gasteiger partial charge on any atom is 0.319 e. The number of hydrogen-bond donors (Lipinski definition) is 5. The minimum atomic E-state index is -1.23. The molecule has 1 aliphatic rings. The number of rotatable bonds is 8. The molecular weight excluding hydrogens is 402 g/mol. The third kappa shape index (κ3) is 6.42. The van der Waals surface area contributed by atoms with Crippen LogP contribution in [-0.2, 0) is 16.1 Å². The highest BCUT2D eigenvalue weighted by molar-refractivity contribution is 5.89. The molecule has 0 bridgehead atoms. The Morgan fingerprint density at radius 3 is 2.32 bits per heavy atom. The second-order valence-electron chi connectivity index (χ2n) is 7.22. The van der Waals surface area contributed by atoms with E-state index in [-0.39, 0.29) is 18.9 Å². The van der Waals surface area contributed by atoms with Gasteiger partial charge < -0.3 is 35.6 Å². The average molecular weight is 429 g/mol. The number of carbonyl (C=O) groups is 2. The normalized spacial score (nSPS) is 22.5. The molecule has 0 spiro atoms. The summed E-state index contributed by atoms with van der Waals surface area (Å²) in [6.45, 7) is 0.305. The highest BCUT2D eigenvalue weighted by Crippen LogP contribution is 2.23.